The molecule has 0 atom stereocenters. The highest BCUT2D eigenvalue weighted by Gasteiger charge is 2.12. The Bertz CT molecular complexity index is 354. The minimum absolute atomic E-state index is 0.0275. The number of nitrogens with two attached hydrogens (primary N) is 1. The molecule has 0 amide bonds. The molecule has 0 aliphatic carbocycles. The molecule has 0 aromatic heterocycles. The molecule has 3 nitrogen and oxygen atoms in total. The molecule has 0 saturated heterocycles. The minimum atomic E-state index is -0.830. The molecule has 0 fully saturated rings. The molecule has 0 saturated carbocycles. The van der Waals surface area contributed by atoms with Crippen molar-refractivity contribution in [3.63, 3.8) is 0 Å². The van der Waals surface area contributed by atoms with Gasteiger partial charge in [0.2, 0.25) is 0 Å². The lowest BCUT2D eigenvalue weighted by atomic mass is 10.1. The molecular formula is C8H7BrFNO2. The van der Waals surface area contributed by atoms with Crippen LogP contribution in [0.15, 0.2) is 12.1 Å². The second-order valence-electron chi connectivity index (χ2n) is 2.45. The Labute approximate surface area is 82.5 Å². The number of hydrogen-bond donors (Lipinski definition) is 2. The second-order valence-corrected chi connectivity index (χ2v) is 3.01. The molecule has 1 aromatic rings. The minimum Gasteiger partial charge on any atom is -0.505 e. The summed E-state index contributed by atoms with van der Waals surface area (Å²) in [6.07, 6.45) is 0. The van der Waals surface area contributed by atoms with E-state index in [0.717, 1.165) is 12.1 Å². The van der Waals surface area contributed by atoms with Crippen molar-refractivity contribution >= 4 is 27.4 Å². The molecule has 0 aliphatic rings. The van der Waals surface area contributed by atoms with Gasteiger partial charge in [0.15, 0.2) is 17.3 Å². The van der Waals surface area contributed by atoms with Gasteiger partial charge in [-0.15, -0.1) is 0 Å². The third-order valence-electron chi connectivity index (χ3n) is 1.54. The molecule has 0 aliphatic heterocycles. The first-order valence-corrected chi connectivity index (χ1v) is 4.55. The van der Waals surface area contributed by atoms with Crippen molar-refractivity contribution in [1.29, 1.82) is 0 Å². The van der Waals surface area contributed by atoms with E-state index in [9.17, 15) is 9.18 Å². The Kier molecular flexibility index (Phi) is 2.87. The topological polar surface area (TPSA) is 63.3 Å². The monoisotopic (exact) mass is 247 g/mol. The van der Waals surface area contributed by atoms with Crippen molar-refractivity contribution < 1.29 is 14.3 Å². The van der Waals surface area contributed by atoms with Crippen LogP contribution in [-0.4, -0.2) is 16.2 Å². The Hall–Kier alpha value is -1.10. The van der Waals surface area contributed by atoms with Crippen LogP contribution in [-0.2, 0) is 0 Å². The van der Waals surface area contributed by atoms with Crippen LogP contribution in [0, 0.1) is 5.82 Å². The van der Waals surface area contributed by atoms with E-state index >= 15 is 0 Å². The van der Waals surface area contributed by atoms with Gasteiger partial charge in [0.1, 0.15) is 0 Å². The quantitative estimate of drug-likeness (QED) is 0.362. The first-order chi connectivity index (χ1) is 6.06. The van der Waals surface area contributed by atoms with Gasteiger partial charge in [-0.3, -0.25) is 4.79 Å². The summed E-state index contributed by atoms with van der Waals surface area (Å²) < 4.78 is 12.7. The smallest absolute Gasteiger partial charge is 0.175 e. The summed E-state index contributed by atoms with van der Waals surface area (Å²) in [5.74, 6) is -1.70. The third kappa shape index (κ3) is 1.98. The van der Waals surface area contributed by atoms with Crippen LogP contribution in [0.1, 0.15) is 10.4 Å². The summed E-state index contributed by atoms with van der Waals surface area (Å²) >= 11 is 2.95. The van der Waals surface area contributed by atoms with Crippen LogP contribution in [0.3, 0.4) is 0 Å². The van der Waals surface area contributed by atoms with E-state index in [-0.39, 0.29) is 22.4 Å². The number of benzene rings is 1. The number of hydrogen-bond acceptors (Lipinski definition) is 3. The first-order valence-electron chi connectivity index (χ1n) is 3.43. The van der Waals surface area contributed by atoms with Crippen LogP contribution >= 0.6 is 15.9 Å². The Morgan fingerprint density at radius 1 is 1.62 bits per heavy atom. The number of carbonyl (C=O) groups excluding carboxylic acids is 1. The highest BCUT2D eigenvalue weighted by atomic mass is 79.9. The standard InChI is InChI=1S/C8H7BrFNO2/c9-3-8(13)4-1-7(12)5(10)2-6(4)11/h1-2,12H,3,11H2. The number of Topliss-reactive ketones (excluding diaryl/α,β-unsaturated/α-hetero) is 1. The number of ketones is 1. The van der Waals surface area contributed by atoms with Crippen molar-refractivity contribution in [3.8, 4) is 5.75 Å². The van der Waals surface area contributed by atoms with E-state index in [1.807, 2.05) is 0 Å². The van der Waals surface area contributed by atoms with E-state index < -0.39 is 11.6 Å². The van der Waals surface area contributed by atoms with E-state index in [2.05, 4.69) is 15.9 Å². The van der Waals surface area contributed by atoms with Crippen molar-refractivity contribution in [2.75, 3.05) is 11.1 Å². The number of phenolic OH excluding ortho intramolecular Hbond substituents is 1. The summed E-state index contributed by atoms with van der Waals surface area (Å²) in [5, 5.41) is 9.06. The molecule has 1 aromatic carbocycles. The van der Waals surface area contributed by atoms with Crippen molar-refractivity contribution in [1.82, 2.24) is 0 Å². The summed E-state index contributed by atoms with van der Waals surface area (Å²) in [4.78, 5) is 11.1. The van der Waals surface area contributed by atoms with Gasteiger partial charge < -0.3 is 10.8 Å². The van der Waals surface area contributed by atoms with Gasteiger partial charge in [-0.05, 0) is 6.07 Å². The largest absolute Gasteiger partial charge is 0.505 e. The van der Waals surface area contributed by atoms with Crippen molar-refractivity contribution in [3.05, 3.63) is 23.5 Å². The number of alkyl halides is 1. The van der Waals surface area contributed by atoms with Gasteiger partial charge in [-0.1, -0.05) is 15.9 Å². The van der Waals surface area contributed by atoms with Crippen molar-refractivity contribution in [2.24, 2.45) is 0 Å². The maximum atomic E-state index is 12.7. The van der Waals surface area contributed by atoms with Gasteiger partial charge in [0.25, 0.3) is 0 Å². The second kappa shape index (κ2) is 3.74. The third-order valence-corrected chi connectivity index (χ3v) is 2.05. The lowest BCUT2D eigenvalue weighted by Crippen LogP contribution is -2.05. The van der Waals surface area contributed by atoms with Crippen LogP contribution in [0.5, 0.6) is 5.75 Å². The molecule has 1 rings (SSSR count). The SMILES string of the molecule is Nc1cc(F)c(O)cc1C(=O)CBr. The number of rotatable bonds is 2. The molecule has 3 N–H and O–H groups in total. The molecule has 0 radical (unpaired) electrons. The van der Waals surface area contributed by atoms with Crippen LogP contribution in [0.2, 0.25) is 0 Å². The zero-order valence-corrected chi connectivity index (χ0v) is 8.14. The molecular weight excluding hydrogens is 241 g/mol. The summed E-state index contributed by atoms with van der Waals surface area (Å²) in [6, 6.07) is 1.94. The van der Waals surface area contributed by atoms with Gasteiger partial charge >= 0.3 is 0 Å². The Morgan fingerprint density at radius 2 is 2.23 bits per heavy atom. The highest BCUT2D eigenvalue weighted by Crippen LogP contribution is 2.23. The maximum Gasteiger partial charge on any atom is 0.175 e. The lowest BCUT2D eigenvalue weighted by Gasteiger charge is -2.03. The van der Waals surface area contributed by atoms with E-state index in [4.69, 9.17) is 10.8 Å². The van der Waals surface area contributed by atoms with Crippen LogP contribution in [0.25, 0.3) is 0 Å². The van der Waals surface area contributed by atoms with E-state index in [1.54, 1.807) is 0 Å². The number of halogens is 2. The van der Waals surface area contributed by atoms with Gasteiger partial charge in [-0.2, -0.15) is 0 Å². The highest BCUT2D eigenvalue weighted by molar-refractivity contribution is 9.09. The average Bonchev–Trinajstić information content (AvgIpc) is 2.10. The number of anilines is 1. The first kappa shape index (κ1) is 9.98. The average molecular weight is 248 g/mol. The van der Waals surface area contributed by atoms with E-state index in [0.29, 0.717) is 0 Å². The Morgan fingerprint density at radius 3 is 2.77 bits per heavy atom. The predicted molar refractivity (Wildman–Crippen MR) is 50.6 cm³/mol. The number of phenols is 1. The fourth-order valence-electron chi connectivity index (χ4n) is 0.891. The normalized spacial score (nSPS) is 10.0. The van der Waals surface area contributed by atoms with Crippen LogP contribution < -0.4 is 5.73 Å². The molecule has 0 spiro atoms. The zero-order valence-electron chi connectivity index (χ0n) is 6.55. The molecule has 0 bridgehead atoms. The molecule has 70 valence electrons. The summed E-state index contributed by atoms with van der Waals surface area (Å²) in [7, 11) is 0. The maximum absolute atomic E-state index is 12.7. The Balaban J connectivity index is 3.23. The summed E-state index contributed by atoms with van der Waals surface area (Å²) in [6.45, 7) is 0. The fourth-order valence-corrected chi connectivity index (χ4v) is 1.19. The molecule has 0 unspecified atom stereocenters. The van der Waals surface area contributed by atoms with Crippen molar-refractivity contribution in [2.45, 2.75) is 0 Å². The molecule has 0 heterocycles. The number of nitrogen functional groups attached to an aromatic ring is 1. The van der Waals surface area contributed by atoms with Gasteiger partial charge in [-0.25, -0.2) is 4.39 Å². The van der Waals surface area contributed by atoms with Crippen LogP contribution in [0.4, 0.5) is 10.1 Å². The van der Waals surface area contributed by atoms with Gasteiger partial charge in [0, 0.05) is 17.3 Å². The number of aromatic hydroxyl groups is 1. The van der Waals surface area contributed by atoms with E-state index in [1.165, 1.54) is 0 Å². The fraction of sp³-hybridized carbons (Fsp3) is 0.125. The lowest BCUT2D eigenvalue weighted by molar-refractivity contribution is 0.102. The predicted octanol–water partition coefficient (Wildman–Crippen LogP) is 1.69. The summed E-state index contributed by atoms with van der Waals surface area (Å²) in [5.41, 5.74) is 5.52. The molecule has 5 heteroatoms. The molecule has 13 heavy (non-hydrogen) atoms. The zero-order chi connectivity index (χ0) is 10.0. The van der Waals surface area contributed by atoms with Gasteiger partial charge in [0.05, 0.1) is 5.33 Å². The number of carbonyl (C=O) groups is 1.